The number of halogens is 1. The standard InChI is InChI=1S/C30H31FN4O3S/c1-20-9-15-28(16-10-20)39(37,38)34(27-13-11-26(31)12-14-27)19-29(36)33-32-18-25-17-23(4)35(24(25)5)30-21(2)7-6-8-22(30)3/h6-18H,19H2,1-5H3,(H,33,36)/b32-18-. The van der Waals surface area contributed by atoms with E-state index >= 15 is 0 Å². The normalized spacial score (nSPS) is 11.6. The van der Waals surface area contributed by atoms with Crippen LogP contribution < -0.4 is 9.73 Å². The average molecular weight is 547 g/mol. The summed E-state index contributed by atoms with van der Waals surface area (Å²) in [5.41, 5.74) is 9.67. The van der Waals surface area contributed by atoms with Crippen molar-refractivity contribution in [1.82, 2.24) is 9.99 Å². The highest BCUT2D eigenvalue weighted by Gasteiger charge is 2.27. The molecular formula is C30H31FN4O3S. The summed E-state index contributed by atoms with van der Waals surface area (Å²) in [6.45, 7) is 9.41. The Morgan fingerprint density at radius 2 is 1.56 bits per heavy atom. The fourth-order valence-electron chi connectivity index (χ4n) is 4.52. The number of aryl methyl sites for hydroxylation is 4. The number of nitrogens with one attached hydrogen (secondary N) is 1. The molecule has 3 aromatic carbocycles. The number of carbonyl (C=O) groups is 1. The molecule has 0 radical (unpaired) electrons. The molecule has 0 aliphatic heterocycles. The number of nitrogens with zero attached hydrogens (tertiary/aromatic N) is 3. The van der Waals surface area contributed by atoms with Gasteiger partial charge in [-0.1, -0.05) is 35.9 Å². The van der Waals surface area contributed by atoms with Gasteiger partial charge in [0.1, 0.15) is 12.4 Å². The van der Waals surface area contributed by atoms with Gasteiger partial charge in [-0.3, -0.25) is 9.10 Å². The molecule has 0 bridgehead atoms. The first-order chi connectivity index (χ1) is 18.5. The summed E-state index contributed by atoms with van der Waals surface area (Å²) in [5.74, 6) is -1.16. The quantitative estimate of drug-likeness (QED) is 0.234. The van der Waals surface area contributed by atoms with Crippen LogP contribution in [0, 0.1) is 40.4 Å². The minimum atomic E-state index is -4.11. The summed E-state index contributed by atoms with van der Waals surface area (Å²) in [6, 6.07) is 19.4. The number of aromatic nitrogens is 1. The Balaban J connectivity index is 1.57. The van der Waals surface area contributed by atoms with E-state index in [1.807, 2.05) is 32.9 Å². The number of anilines is 1. The van der Waals surface area contributed by atoms with Crippen molar-refractivity contribution in [3.63, 3.8) is 0 Å². The van der Waals surface area contributed by atoms with Crippen molar-refractivity contribution in [2.45, 2.75) is 39.5 Å². The third kappa shape index (κ3) is 5.93. The second-order valence-electron chi connectivity index (χ2n) is 9.50. The van der Waals surface area contributed by atoms with E-state index in [1.165, 1.54) is 24.3 Å². The molecule has 0 aliphatic rings. The second-order valence-corrected chi connectivity index (χ2v) is 11.4. The van der Waals surface area contributed by atoms with E-state index in [1.54, 1.807) is 18.3 Å². The van der Waals surface area contributed by atoms with Crippen molar-refractivity contribution in [2.24, 2.45) is 5.10 Å². The van der Waals surface area contributed by atoms with Crippen LogP contribution >= 0.6 is 0 Å². The third-order valence-corrected chi connectivity index (χ3v) is 8.33. The summed E-state index contributed by atoms with van der Waals surface area (Å²) < 4.78 is 43.5. The SMILES string of the molecule is Cc1ccc(S(=O)(=O)N(CC(=O)N/N=C\c2cc(C)n(-c3c(C)cccc3C)c2C)c2ccc(F)cc2)cc1. The van der Waals surface area contributed by atoms with E-state index in [4.69, 9.17) is 0 Å². The van der Waals surface area contributed by atoms with Crippen LogP contribution in [0.5, 0.6) is 0 Å². The lowest BCUT2D eigenvalue weighted by molar-refractivity contribution is -0.119. The molecule has 4 rings (SSSR count). The zero-order chi connectivity index (χ0) is 28.3. The van der Waals surface area contributed by atoms with Crippen molar-refractivity contribution < 1.29 is 17.6 Å². The van der Waals surface area contributed by atoms with Gasteiger partial charge >= 0.3 is 0 Å². The van der Waals surface area contributed by atoms with Crippen molar-refractivity contribution in [3.05, 3.63) is 112 Å². The zero-order valence-corrected chi connectivity index (χ0v) is 23.4. The van der Waals surface area contributed by atoms with Gasteiger partial charge in [0.15, 0.2) is 0 Å². The molecule has 1 amide bonds. The number of amides is 1. The Bertz CT molecular complexity index is 1620. The van der Waals surface area contributed by atoms with Gasteiger partial charge in [0.05, 0.1) is 22.5 Å². The van der Waals surface area contributed by atoms with Gasteiger partial charge in [-0.25, -0.2) is 18.2 Å². The molecule has 202 valence electrons. The third-order valence-electron chi connectivity index (χ3n) is 6.54. The molecule has 1 heterocycles. The Hall–Kier alpha value is -4.24. The van der Waals surface area contributed by atoms with Crippen molar-refractivity contribution in [1.29, 1.82) is 0 Å². The molecule has 0 saturated carbocycles. The number of para-hydroxylation sites is 1. The van der Waals surface area contributed by atoms with Gasteiger partial charge < -0.3 is 4.57 Å². The molecule has 4 aromatic rings. The highest BCUT2D eigenvalue weighted by atomic mass is 32.2. The summed E-state index contributed by atoms with van der Waals surface area (Å²) in [6.07, 6.45) is 1.54. The first-order valence-electron chi connectivity index (χ1n) is 12.4. The number of benzene rings is 3. The highest BCUT2D eigenvalue weighted by Crippen LogP contribution is 2.26. The van der Waals surface area contributed by atoms with Crippen LogP contribution in [0.2, 0.25) is 0 Å². The largest absolute Gasteiger partial charge is 0.317 e. The molecule has 0 atom stereocenters. The van der Waals surface area contributed by atoms with Gasteiger partial charge in [-0.05, 0) is 88.2 Å². The number of carbonyl (C=O) groups excluding carboxylic acids is 1. The predicted octanol–water partition coefficient (Wildman–Crippen LogP) is 5.50. The maximum absolute atomic E-state index is 13.6. The fourth-order valence-corrected chi connectivity index (χ4v) is 5.94. The zero-order valence-electron chi connectivity index (χ0n) is 22.6. The van der Waals surface area contributed by atoms with Crippen molar-refractivity contribution in [3.8, 4) is 5.69 Å². The average Bonchev–Trinajstić information content (AvgIpc) is 3.16. The molecule has 1 N–H and O–H groups in total. The smallest absolute Gasteiger partial charge is 0.264 e. The van der Waals surface area contributed by atoms with Gasteiger partial charge in [-0.2, -0.15) is 5.10 Å². The van der Waals surface area contributed by atoms with Gasteiger partial charge in [-0.15, -0.1) is 0 Å². The fraction of sp³-hybridized carbons (Fsp3) is 0.200. The number of rotatable bonds is 8. The molecule has 0 saturated heterocycles. The van der Waals surface area contributed by atoms with E-state index < -0.39 is 28.3 Å². The number of hydrogen-bond donors (Lipinski definition) is 1. The lowest BCUT2D eigenvalue weighted by Gasteiger charge is -2.23. The summed E-state index contributed by atoms with van der Waals surface area (Å²) in [4.78, 5) is 12.9. The molecule has 1 aromatic heterocycles. The van der Waals surface area contributed by atoms with E-state index in [2.05, 4.69) is 41.1 Å². The minimum absolute atomic E-state index is 0.0210. The van der Waals surface area contributed by atoms with E-state index in [0.717, 1.165) is 55.8 Å². The molecule has 0 unspecified atom stereocenters. The summed E-state index contributed by atoms with van der Waals surface area (Å²) >= 11 is 0. The van der Waals surface area contributed by atoms with Gasteiger partial charge in [0.2, 0.25) is 0 Å². The maximum Gasteiger partial charge on any atom is 0.264 e. The maximum atomic E-state index is 13.6. The highest BCUT2D eigenvalue weighted by molar-refractivity contribution is 7.92. The van der Waals surface area contributed by atoms with Crippen LogP contribution in [0.15, 0.2) is 82.8 Å². The lowest BCUT2D eigenvalue weighted by Crippen LogP contribution is -2.39. The second kappa shape index (κ2) is 11.2. The van der Waals surface area contributed by atoms with E-state index in [9.17, 15) is 17.6 Å². The van der Waals surface area contributed by atoms with Crippen LogP contribution in [-0.2, 0) is 14.8 Å². The Labute approximate surface area is 228 Å². The molecule has 39 heavy (non-hydrogen) atoms. The molecule has 0 aliphatic carbocycles. The number of sulfonamides is 1. The molecule has 0 spiro atoms. The summed E-state index contributed by atoms with van der Waals surface area (Å²) in [7, 11) is -4.11. The minimum Gasteiger partial charge on any atom is -0.317 e. The molecular weight excluding hydrogens is 515 g/mol. The monoisotopic (exact) mass is 546 g/mol. The molecule has 9 heteroatoms. The van der Waals surface area contributed by atoms with Crippen LogP contribution in [0.4, 0.5) is 10.1 Å². The van der Waals surface area contributed by atoms with Crippen molar-refractivity contribution >= 4 is 27.8 Å². The van der Waals surface area contributed by atoms with Crippen LogP contribution in [-0.4, -0.2) is 31.7 Å². The Morgan fingerprint density at radius 1 is 0.949 bits per heavy atom. The van der Waals surface area contributed by atoms with E-state index in [-0.39, 0.29) is 10.6 Å². The first-order valence-corrected chi connectivity index (χ1v) is 13.9. The molecule has 0 fully saturated rings. The summed E-state index contributed by atoms with van der Waals surface area (Å²) in [5, 5.41) is 4.10. The predicted molar refractivity (Wildman–Crippen MR) is 153 cm³/mol. The molecule has 7 nitrogen and oxygen atoms in total. The Kier molecular flexibility index (Phi) is 8.01. The number of hydrogen-bond acceptors (Lipinski definition) is 4. The van der Waals surface area contributed by atoms with Crippen LogP contribution in [0.25, 0.3) is 5.69 Å². The van der Waals surface area contributed by atoms with E-state index in [0.29, 0.717) is 0 Å². The van der Waals surface area contributed by atoms with Crippen molar-refractivity contribution in [2.75, 3.05) is 10.8 Å². The van der Waals surface area contributed by atoms with Crippen LogP contribution in [0.1, 0.15) is 33.6 Å². The Morgan fingerprint density at radius 3 is 2.18 bits per heavy atom. The first kappa shape index (κ1) is 27.8. The van der Waals surface area contributed by atoms with Gasteiger partial charge in [0, 0.05) is 17.0 Å². The van der Waals surface area contributed by atoms with Crippen LogP contribution in [0.3, 0.4) is 0 Å². The van der Waals surface area contributed by atoms with Gasteiger partial charge in [0.25, 0.3) is 15.9 Å². The topological polar surface area (TPSA) is 83.8 Å². The number of hydrazone groups is 1. The lowest BCUT2D eigenvalue weighted by atomic mass is 10.1.